The molecule has 0 aliphatic heterocycles. The molecular formula is C23H35NO2. The second-order valence-corrected chi connectivity index (χ2v) is 7.28. The van der Waals surface area contributed by atoms with Gasteiger partial charge < -0.3 is 10.2 Å². The highest BCUT2D eigenvalue weighted by molar-refractivity contribution is 5.44. The third-order valence-electron chi connectivity index (χ3n) is 4.71. The minimum Gasteiger partial charge on any atom is -0.508 e. The molecule has 0 fully saturated rings. The molecule has 0 bridgehead atoms. The fourth-order valence-electron chi connectivity index (χ4n) is 3.32. The van der Waals surface area contributed by atoms with Gasteiger partial charge in [-0.15, -0.1) is 0 Å². The van der Waals surface area contributed by atoms with Crippen molar-refractivity contribution in [1.29, 1.82) is 0 Å². The topological polar surface area (TPSA) is 43.7 Å². The van der Waals surface area contributed by atoms with Gasteiger partial charge in [0.05, 0.1) is 6.61 Å². The lowest BCUT2D eigenvalue weighted by molar-refractivity contribution is 0.170. The predicted molar refractivity (Wildman–Crippen MR) is 111 cm³/mol. The van der Waals surface area contributed by atoms with Gasteiger partial charge in [-0.3, -0.25) is 4.90 Å². The van der Waals surface area contributed by atoms with Crippen molar-refractivity contribution in [3.63, 3.8) is 0 Å². The summed E-state index contributed by atoms with van der Waals surface area (Å²) in [4.78, 5) is 2.45. The molecule has 0 aliphatic rings. The number of aromatic hydroxyl groups is 1. The van der Waals surface area contributed by atoms with Crippen molar-refractivity contribution in [3.05, 3.63) is 65.8 Å². The molecule has 1 atom stereocenters. The summed E-state index contributed by atoms with van der Waals surface area (Å²) in [6.45, 7) is 15.9. The smallest absolute Gasteiger partial charge is 0.119 e. The van der Waals surface area contributed by atoms with Gasteiger partial charge in [0.15, 0.2) is 0 Å². The zero-order valence-electron chi connectivity index (χ0n) is 16.9. The molecule has 0 saturated heterocycles. The molecule has 1 aromatic rings. The molecule has 1 rings (SSSR count). The summed E-state index contributed by atoms with van der Waals surface area (Å²) in [5.74, 6) is 0.261. The van der Waals surface area contributed by atoms with Crippen molar-refractivity contribution in [3.8, 4) is 5.75 Å². The number of benzene rings is 1. The Morgan fingerprint density at radius 3 is 2.35 bits per heavy atom. The van der Waals surface area contributed by atoms with Crippen LogP contribution >= 0.6 is 0 Å². The summed E-state index contributed by atoms with van der Waals surface area (Å²) in [5.41, 5.74) is 2.60. The van der Waals surface area contributed by atoms with E-state index in [1.807, 2.05) is 37.3 Å². The third kappa shape index (κ3) is 6.47. The summed E-state index contributed by atoms with van der Waals surface area (Å²) < 4.78 is 0. The molecule has 0 saturated carbocycles. The molecule has 0 spiro atoms. The van der Waals surface area contributed by atoms with Gasteiger partial charge in [0.25, 0.3) is 0 Å². The number of rotatable bonds is 10. The van der Waals surface area contributed by atoms with E-state index in [9.17, 15) is 10.2 Å². The van der Waals surface area contributed by atoms with E-state index in [1.54, 1.807) is 12.1 Å². The van der Waals surface area contributed by atoms with Crippen molar-refractivity contribution < 1.29 is 10.2 Å². The van der Waals surface area contributed by atoms with Crippen LogP contribution < -0.4 is 0 Å². The van der Waals surface area contributed by atoms with Crippen LogP contribution in [-0.4, -0.2) is 33.7 Å². The first-order valence-electron chi connectivity index (χ1n) is 9.48. The van der Waals surface area contributed by atoms with Crippen molar-refractivity contribution in [1.82, 2.24) is 4.90 Å². The maximum Gasteiger partial charge on any atom is 0.119 e. The van der Waals surface area contributed by atoms with Crippen molar-refractivity contribution in [2.24, 2.45) is 0 Å². The summed E-state index contributed by atoms with van der Waals surface area (Å²) >= 11 is 0. The first kappa shape index (κ1) is 22.2. The number of hydrogen-bond donors (Lipinski definition) is 2. The number of phenolic OH excluding ortho intramolecular Hbond substituents is 1. The number of aliphatic hydroxyl groups excluding tert-OH is 1. The number of nitrogens with zero attached hydrogens (tertiary/aromatic N) is 1. The zero-order chi connectivity index (χ0) is 19.7. The van der Waals surface area contributed by atoms with Crippen molar-refractivity contribution in [2.45, 2.75) is 65.6 Å². The lowest BCUT2D eigenvalue weighted by atomic mass is 9.86. The molecule has 1 unspecified atom stereocenters. The van der Waals surface area contributed by atoms with Gasteiger partial charge >= 0.3 is 0 Å². The van der Waals surface area contributed by atoms with Gasteiger partial charge in [-0.25, -0.2) is 0 Å². The van der Waals surface area contributed by atoms with Crippen LogP contribution in [0.2, 0.25) is 0 Å². The Kier molecular flexibility index (Phi) is 9.39. The molecule has 144 valence electrons. The Labute approximate surface area is 159 Å². The van der Waals surface area contributed by atoms with E-state index < -0.39 is 0 Å². The van der Waals surface area contributed by atoms with Gasteiger partial charge in [-0.2, -0.15) is 0 Å². The minimum absolute atomic E-state index is 0.00278. The highest BCUT2D eigenvalue weighted by atomic mass is 16.3. The highest BCUT2D eigenvalue weighted by Crippen LogP contribution is 2.35. The first-order valence-corrected chi connectivity index (χ1v) is 9.48. The Morgan fingerprint density at radius 2 is 1.81 bits per heavy atom. The summed E-state index contributed by atoms with van der Waals surface area (Å²) in [6, 6.07) is 6.23. The third-order valence-corrected chi connectivity index (χ3v) is 4.71. The number of allylic oxidation sites excluding steroid dienone is 5. The van der Waals surface area contributed by atoms with E-state index in [0.717, 1.165) is 29.7 Å². The largest absolute Gasteiger partial charge is 0.508 e. The van der Waals surface area contributed by atoms with E-state index in [1.165, 1.54) is 0 Å². The van der Waals surface area contributed by atoms with Crippen LogP contribution in [0.4, 0.5) is 0 Å². The van der Waals surface area contributed by atoms with Gasteiger partial charge in [0, 0.05) is 23.6 Å². The Bertz CT molecular complexity index is 621. The van der Waals surface area contributed by atoms with Crippen LogP contribution in [-0.2, 0) is 6.61 Å². The van der Waals surface area contributed by atoms with Gasteiger partial charge in [0.1, 0.15) is 5.75 Å². The quantitative estimate of drug-likeness (QED) is 0.568. The molecule has 1 aromatic carbocycles. The molecule has 3 heteroatoms. The molecule has 0 heterocycles. The number of aliphatic hydroxyl groups is 1. The molecule has 0 aliphatic carbocycles. The lowest BCUT2D eigenvalue weighted by Gasteiger charge is -2.32. The average molecular weight is 358 g/mol. The van der Waals surface area contributed by atoms with Crippen LogP contribution in [0.25, 0.3) is 0 Å². The molecule has 0 aromatic heterocycles. The van der Waals surface area contributed by atoms with E-state index in [-0.39, 0.29) is 18.3 Å². The van der Waals surface area contributed by atoms with Crippen LogP contribution in [0.1, 0.15) is 58.1 Å². The standard InChI is InChI=1S/C23H35NO2/c1-7-8-9-10-19(6)21(13-14-24(17(2)3)18(4)5)22-15-20(16-25)11-12-23(22)26/h7-12,15,17-18,21,25-26H,6,13-14,16H2,1-5H3. The zero-order valence-corrected chi connectivity index (χ0v) is 16.9. The van der Waals surface area contributed by atoms with Crippen molar-refractivity contribution >= 4 is 0 Å². The predicted octanol–water partition coefficient (Wildman–Crippen LogP) is 5.17. The fraction of sp³-hybridized carbons (Fsp3) is 0.478. The van der Waals surface area contributed by atoms with E-state index >= 15 is 0 Å². The van der Waals surface area contributed by atoms with Gasteiger partial charge in [0.2, 0.25) is 0 Å². The monoisotopic (exact) mass is 357 g/mol. The molecule has 0 radical (unpaired) electrons. The van der Waals surface area contributed by atoms with Crippen molar-refractivity contribution in [2.75, 3.05) is 6.54 Å². The summed E-state index contributed by atoms with van der Waals surface area (Å²) in [6.07, 6.45) is 8.79. The Morgan fingerprint density at radius 1 is 1.15 bits per heavy atom. The number of phenols is 1. The number of hydrogen-bond acceptors (Lipinski definition) is 3. The molecule has 26 heavy (non-hydrogen) atoms. The SMILES string of the molecule is C=C(C=CC=CC)C(CCN(C(C)C)C(C)C)c1cc(CO)ccc1O. The maximum absolute atomic E-state index is 10.4. The van der Waals surface area contributed by atoms with Gasteiger partial charge in [-0.05, 0) is 70.9 Å². The summed E-state index contributed by atoms with van der Waals surface area (Å²) in [5, 5.41) is 19.9. The second kappa shape index (κ2) is 11.0. The highest BCUT2D eigenvalue weighted by Gasteiger charge is 2.21. The lowest BCUT2D eigenvalue weighted by Crippen LogP contribution is -2.38. The van der Waals surface area contributed by atoms with Crippen LogP contribution in [0.3, 0.4) is 0 Å². The van der Waals surface area contributed by atoms with Gasteiger partial charge in [-0.1, -0.05) is 36.9 Å². The van der Waals surface area contributed by atoms with E-state index in [4.69, 9.17) is 0 Å². The Hall–Kier alpha value is -1.84. The Balaban J connectivity index is 3.16. The molecular weight excluding hydrogens is 322 g/mol. The first-order chi connectivity index (χ1) is 12.3. The average Bonchev–Trinajstić information content (AvgIpc) is 2.59. The molecule has 3 nitrogen and oxygen atoms in total. The van der Waals surface area contributed by atoms with E-state index in [0.29, 0.717) is 12.1 Å². The maximum atomic E-state index is 10.4. The summed E-state index contributed by atoms with van der Waals surface area (Å²) in [7, 11) is 0. The minimum atomic E-state index is -0.0367. The molecule has 2 N–H and O–H groups in total. The van der Waals surface area contributed by atoms with Crippen LogP contribution in [0.5, 0.6) is 5.75 Å². The second-order valence-electron chi connectivity index (χ2n) is 7.28. The van der Waals surface area contributed by atoms with E-state index in [2.05, 4.69) is 39.2 Å². The fourth-order valence-corrected chi connectivity index (χ4v) is 3.32. The molecule has 0 amide bonds. The normalized spacial score (nSPS) is 13.6. The van der Waals surface area contributed by atoms with Crippen LogP contribution in [0, 0.1) is 0 Å². The van der Waals surface area contributed by atoms with Crippen LogP contribution in [0.15, 0.2) is 54.7 Å².